The molecular formula is C14H22N4O3. The molecule has 1 amide bonds. The maximum atomic E-state index is 12.4. The molecule has 0 aliphatic carbocycles. The fourth-order valence-electron chi connectivity index (χ4n) is 2.60. The lowest BCUT2D eigenvalue weighted by Gasteiger charge is -2.33. The van der Waals surface area contributed by atoms with Crippen molar-refractivity contribution in [1.29, 1.82) is 0 Å². The first-order valence-electron chi connectivity index (χ1n) is 7.33. The van der Waals surface area contributed by atoms with Crippen molar-refractivity contribution in [3.05, 3.63) is 28.1 Å². The van der Waals surface area contributed by atoms with Gasteiger partial charge in [-0.25, -0.2) is 0 Å². The van der Waals surface area contributed by atoms with Gasteiger partial charge in [0.05, 0.1) is 11.1 Å². The summed E-state index contributed by atoms with van der Waals surface area (Å²) in [5.41, 5.74) is 0.215. The third kappa shape index (κ3) is 4.04. The molecule has 0 aromatic carbocycles. The van der Waals surface area contributed by atoms with Crippen LogP contribution in [0.5, 0.6) is 0 Å². The third-order valence-corrected chi connectivity index (χ3v) is 3.73. The second kappa shape index (κ2) is 6.71. The average molecular weight is 294 g/mol. The van der Waals surface area contributed by atoms with Gasteiger partial charge in [-0.05, 0) is 25.3 Å². The lowest BCUT2D eigenvalue weighted by Crippen LogP contribution is -2.43. The van der Waals surface area contributed by atoms with Crippen molar-refractivity contribution in [2.75, 3.05) is 19.6 Å². The zero-order chi connectivity index (χ0) is 15.4. The highest BCUT2D eigenvalue weighted by Crippen LogP contribution is 2.20. The number of carbonyl (C=O) groups is 1. The molecule has 2 rings (SSSR count). The van der Waals surface area contributed by atoms with Gasteiger partial charge in [0.2, 0.25) is 0 Å². The number of hydrogen-bond donors (Lipinski definition) is 2. The van der Waals surface area contributed by atoms with E-state index in [0.29, 0.717) is 30.7 Å². The predicted molar refractivity (Wildman–Crippen MR) is 79.2 cm³/mol. The second-order valence-corrected chi connectivity index (χ2v) is 5.85. The highest BCUT2D eigenvalue weighted by Gasteiger charge is 2.26. The van der Waals surface area contributed by atoms with E-state index in [1.54, 1.807) is 4.90 Å². The van der Waals surface area contributed by atoms with Crippen LogP contribution in [0.25, 0.3) is 0 Å². The number of aromatic amines is 1. The van der Waals surface area contributed by atoms with E-state index in [0.717, 1.165) is 19.4 Å². The number of nitrogens with zero attached hydrogens (tertiary/aromatic N) is 2. The molecule has 1 fully saturated rings. The van der Waals surface area contributed by atoms with Gasteiger partial charge < -0.3 is 15.2 Å². The molecule has 1 aliphatic rings. The number of amides is 1. The Bertz CT molecular complexity index is 512. The van der Waals surface area contributed by atoms with Crippen molar-refractivity contribution < 1.29 is 9.72 Å². The van der Waals surface area contributed by atoms with E-state index in [1.165, 1.54) is 12.3 Å². The number of H-pyrrole nitrogens is 1. The van der Waals surface area contributed by atoms with Crippen LogP contribution >= 0.6 is 0 Å². The number of rotatable bonds is 5. The van der Waals surface area contributed by atoms with Crippen molar-refractivity contribution in [2.45, 2.75) is 32.7 Å². The third-order valence-electron chi connectivity index (χ3n) is 3.73. The predicted octanol–water partition coefficient (Wildman–Crippen LogP) is 1.77. The van der Waals surface area contributed by atoms with Crippen molar-refractivity contribution in [3.63, 3.8) is 0 Å². The summed E-state index contributed by atoms with van der Waals surface area (Å²) in [6.07, 6.45) is 3.34. The highest BCUT2D eigenvalue weighted by atomic mass is 16.6. The van der Waals surface area contributed by atoms with Crippen LogP contribution in [0.15, 0.2) is 12.3 Å². The quantitative estimate of drug-likeness (QED) is 0.639. The summed E-state index contributed by atoms with van der Waals surface area (Å²) >= 11 is 0. The number of carbonyl (C=O) groups excluding carboxylic acids is 1. The van der Waals surface area contributed by atoms with Gasteiger partial charge in [-0.1, -0.05) is 13.8 Å². The Hall–Kier alpha value is -1.89. The minimum atomic E-state index is -0.501. The standard InChI is InChI=1S/C14H22N4O3/c1-10(2)15-7-11-4-3-5-17(9-11)14(19)13-6-12(8-16-13)18(20)21/h6,8,10-11,15-16H,3-5,7,9H2,1-2H3. The first kappa shape index (κ1) is 15.5. The molecule has 1 saturated heterocycles. The van der Waals surface area contributed by atoms with Gasteiger partial charge in [-0.3, -0.25) is 14.9 Å². The summed E-state index contributed by atoms with van der Waals surface area (Å²) in [4.78, 5) is 27.0. The molecule has 116 valence electrons. The van der Waals surface area contributed by atoms with Crippen LogP contribution in [-0.2, 0) is 0 Å². The SMILES string of the molecule is CC(C)NCC1CCCN(C(=O)c2cc([N+](=O)[O-])c[nH]2)C1. The maximum absolute atomic E-state index is 12.4. The number of nitrogens with one attached hydrogen (secondary N) is 2. The Kier molecular flexibility index (Phi) is 4.95. The van der Waals surface area contributed by atoms with Gasteiger partial charge >= 0.3 is 0 Å². The summed E-state index contributed by atoms with van der Waals surface area (Å²) in [5.74, 6) is 0.285. The van der Waals surface area contributed by atoms with E-state index in [-0.39, 0.29) is 11.6 Å². The Morgan fingerprint density at radius 1 is 1.62 bits per heavy atom. The van der Waals surface area contributed by atoms with Crippen molar-refractivity contribution in [3.8, 4) is 0 Å². The molecule has 1 aromatic rings. The summed E-state index contributed by atoms with van der Waals surface area (Å²) in [7, 11) is 0. The van der Waals surface area contributed by atoms with Crippen LogP contribution in [0.4, 0.5) is 5.69 Å². The van der Waals surface area contributed by atoms with Crippen LogP contribution in [0.3, 0.4) is 0 Å². The number of aromatic nitrogens is 1. The van der Waals surface area contributed by atoms with Gasteiger partial charge in [-0.15, -0.1) is 0 Å². The van der Waals surface area contributed by atoms with E-state index in [2.05, 4.69) is 24.1 Å². The first-order valence-corrected chi connectivity index (χ1v) is 7.33. The van der Waals surface area contributed by atoms with Gasteiger partial charge in [-0.2, -0.15) is 0 Å². The minimum Gasteiger partial charge on any atom is -0.351 e. The molecular weight excluding hydrogens is 272 g/mol. The van der Waals surface area contributed by atoms with Crippen LogP contribution < -0.4 is 5.32 Å². The molecule has 2 N–H and O–H groups in total. The fourth-order valence-corrected chi connectivity index (χ4v) is 2.60. The van der Waals surface area contributed by atoms with E-state index in [4.69, 9.17) is 0 Å². The monoisotopic (exact) mass is 294 g/mol. The number of hydrogen-bond acceptors (Lipinski definition) is 4. The summed E-state index contributed by atoms with van der Waals surface area (Å²) in [5, 5.41) is 14.1. The van der Waals surface area contributed by atoms with Gasteiger partial charge in [0.1, 0.15) is 5.69 Å². The molecule has 0 bridgehead atoms. The van der Waals surface area contributed by atoms with E-state index in [9.17, 15) is 14.9 Å². The number of nitro groups is 1. The van der Waals surface area contributed by atoms with Crippen molar-refractivity contribution >= 4 is 11.6 Å². The summed E-state index contributed by atoms with van der Waals surface area (Å²) in [6, 6.07) is 1.74. The largest absolute Gasteiger partial charge is 0.351 e. The fraction of sp³-hybridized carbons (Fsp3) is 0.643. The zero-order valence-electron chi connectivity index (χ0n) is 12.5. The molecule has 2 heterocycles. The zero-order valence-corrected chi connectivity index (χ0v) is 12.5. The topological polar surface area (TPSA) is 91.3 Å². The normalized spacial score (nSPS) is 19.0. The van der Waals surface area contributed by atoms with E-state index >= 15 is 0 Å². The molecule has 1 atom stereocenters. The Balaban J connectivity index is 1.96. The maximum Gasteiger partial charge on any atom is 0.287 e. The van der Waals surface area contributed by atoms with Crippen molar-refractivity contribution in [2.24, 2.45) is 5.92 Å². The molecule has 0 radical (unpaired) electrons. The average Bonchev–Trinajstić information content (AvgIpc) is 2.94. The molecule has 1 aromatic heterocycles. The Labute approximate surface area is 123 Å². The van der Waals surface area contributed by atoms with Gasteiger partial charge in [0.15, 0.2) is 0 Å². The smallest absolute Gasteiger partial charge is 0.287 e. The second-order valence-electron chi connectivity index (χ2n) is 5.85. The molecule has 0 spiro atoms. The molecule has 21 heavy (non-hydrogen) atoms. The molecule has 7 heteroatoms. The number of piperidine rings is 1. The lowest BCUT2D eigenvalue weighted by atomic mass is 9.97. The van der Waals surface area contributed by atoms with Crippen LogP contribution in [0.1, 0.15) is 37.2 Å². The van der Waals surface area contributed by atoms with E-state index < -0.39 is 4.92 Å². The Morgan fingerprint density at radius 2 is 2.38 bits per heavy atom. The van der Waals surface area contributed by atoms with E-state index in [1.807, 2.05) is 0 Å². The minimum absolute atomic E-state index is 0.0756. The lowest BCUT2D eigenvalue weighted by molar-refractivity contribution is -0.384. The van der Waals surface area contributed by atoms with Crippen LogP contribution in [-0.4, -0.2) is 46.4 Å². The molecule has 1 aliphatic heterocycles. The van der Waals surface area contributed by atoms with Crippen LogP contribution in [0.2, 0.25) is 0 Å². The summed E-state index contributed by atoms with van der Waals surface area (Å²) in [6.45, 7) is 6.51. The van der Waals surface area contributed by atoms with Crippen molar-refractivity contribution in [1.82, 2.24) is 15.2 Å². The molecule has 0 saturated carbocycles. The van der Waals surface area contributed by atoms with Gasteiger partial charge in [0.25, 0.3) is 11.6 Å². The summed E-state index contributed by atoms with van der Waals surface area (Å²) < 4.78 is 0. The van der Waals surface area contributed by atoms with Crippen LogP contribution in [0, 0.1) is 16.0 Å². The molecule has 7 nitrogen and oxygen atoms in total. The van der Waals surface area contributed by atoms with Gasteiger partial charge in [0, 0.05) is 25.2 Å². The Morgan fingerprint density at radius 3 is 3.00 bits per heavy atom. The highest BCUT2D eigenvalue weighted by molar-refractivity contribution is 5.93. The molecule has 1 unspecified atom stereocenters. The first-order chi connectivity index (χ1) is 9.97. The number of likely N-dealkylation sites (tertiary alicyclic amines) is 1.